The number of hydrogen-bond donors (Lipinski definition) is 3. The molecular weight excluding hydrogens is 266 g/mol. The van der Waals surface area contributed by atoms with Crippen LogP contribution in [0, 0.1) is 6.92 Å². The standard InChI is InChI=1S/C13H16ClN3O2/c1-8-2-3-9(14)6-10(8)17-12(18)7-11-13(19)16-5-4-15-11/h2-3,6,11,15H,4-5,7H2,1H3,(H,16,19)(H,17,18)/p+1/t11-/m0/s1. The summed E-state index contributed by atoms with van der Waals surface area (Å²) in [6.45, 7) is 3.36. The summed E-state index contributed by atoms with van der Waals surface area (Å²) < 4.78 is 0. The normalized spacial score (nSPS) is 18.8. The molecule has 4 N–H and O–H groups in total. The lowest BCUT2D eigenvalue weighted by Gasteiger charge is -2.20. The molecule has 6 heteroatoms. The predicted octanol–water partition coefficient (Wildman–Crippen LogP) is 0.0388. The zero-order valence-electron chi connectivity index (χ0n) is 10.7. The Hall–Kier alpha value is -1.59. The van der Waals surface area contributed by atoms with E-state index in [1.807, 2.05) is 18.3 Å². The molecular formula is C13H17ClN3O2+. The smallest absolute Gasteiger partial charge is 0.278 e. The number of quaternary nitrogens is 1. The van der Waals surface area contributed by atoms with Gasteiger partial charge in [-0.05, 0) is 24.6 Å². The van der Waals surface area contributed by atoms with Crippen molar-refractivity contribution in [3.63, 3.8) is 0 Å². The van der Waals surface area contributed by atoms with Crippen molar-refractivity contribution in [1.29, 1.82) is 0 Å². The van der Waals surface area contributed by atoms with E-state index in [4.69, 9.17) is 11.6 Å². The summed E-state index contributed by atoms with van der Waals surface area (Å²) in [5.74, 6) is -0.257. The van der Waals surface area contributed by atoms with Crippen LogP contribution in [0.25, 0.3) is 0 Å². The molecule has 0 bridgehead atoms. The number of rotatable bonds is 3. The number of carbonyl (C=O) groups is 2. The molecule has 0 radical (unpaired) electrons. The molecule has 1 fully saturated rings. The molecule has 19 heavy (non-hydrogen) atoms. The van der Waals surface area contributed by atoms with Crippen molar-refractivity contribution in [2.75, 3.05) is 18.4 Å². The lowest BCUT2D eigenvalue weighted by atomic mass is 10.1. The van der Waals surface area contributed by atoms with Gasteiger partial charge in [0.1, 0.15) is 0 Å². The van der Waals surface area contributed by atoms with E-state index in [0.717, 1.165) is 12.1 Å². The summed E-state index contributed by atoms with van der Waals surface area (Å²) in [4.78, 5) is 23.5. The van der Waals surface area contributed by atoms with Gasteiger partial charge in [0.15, 0.2) is 6.04 Å². The van der Waals surface area contributed by atoms with Gasteiger partial charge in [-0.15, -0.1) is 0 Å². The average molecular weight is 283 g/mol. The van der Waals surface area contributed by atoms with E-state index in [1.165, 1.54) is 0 Å². The van der Waals surface area contributed by atoms with Gasteiger partial charge in [-0.1, -0.05) is 17.7 Å². The number of halogens is 1. The van der Waals surface area contributed by atoms with Gasteiger partial charge < -0.3 is 16.0 Å². The lowest BCUT2D eigenvalue weighted by molar-refractivity contribution is -0.678. The van der Waals surface area contributed by atoms with Crippen LogP contribution >= 0.6 is 11.6 Å². The van der Waals surface area contributed by atoms with Crippen LogP contribution in [-0.2, 0) is 9.59 Å². The summed E-state index contributed by atoms with van der Waals surface area (Å²) in [5.41, 5.74) is 1.63. The highest BCUT2D eigenvalue weighted by Crippen LogP contribution is 2.20. The highest BCUT2D eigenvalue weighted by atomic mass is 35.5. The summed E-state index contributed by atoms with van der Waals surface area (Å²) in [5, 5.41) is 8.01. The number of nitrogens with one attached hydrogen (secondary N) is 2. The Morgan fingerprint density at radius 2 is 2.37 bits per heavy atom. The van der Waals surface area contributed by atoms with Gasteiger partial charge >= 0.3 is 0 Å². The van der Waals surface area contributed by atoms with Gasteiger partial charge in [-0.25, -0.2) is 0 Å². The molecule has 1 aliphatic heterocycles. The fraction of sp³-hybridized carbons (Fsp3) is 0.385. The van der Waals surface area contributed by atoms with Crippen LogP contribution < -0.4 is 16.0 Å². The molecule has 0 spiro atoms. The maximum Gasteiger partial charge on any atom is 0.278 e. The van der Waals surface area contributed by atoms with E-state index in [-0.39, 0.29) is 24.3 Å². The van der Waals surface area contributed by atoms with E-state index in [9.17, 15) is 9.59 Å². The molecule has 1 heterocycles. The Morgan fingerprint density at radius 3 is 3.11 bits per heavy atom. The van der Waals surface area contributed by atoms with Crippen LogP contribution in [-0.4, -0.2) is 30.9 Å². The molecule has 2 rings (SSSR count). The Kier molecular flexibility index (Phi) is 4.39. The first-order chi connectivity index (χ1) is 9.06. The van der Waals surface area contributed by atoms with Crippen molar-refractivity contribution in [1.82, 2.24) is 5.32 Å². The summed E-state index contributed by atoms with van der Waals surface area (Å²) in [7, 11) is 0. The van der Waals surface area contributed by atoms with E-state index in [2.05, 4.69) is 10.6 Å². The fourth-order valence-corrected chi connectivity index (χ4v) is 2.20. The van der Waals surface area contributed by atoms with E-state index < -0.39 is 0 Å². The number of aryl methyl sites for hydroxylation is 1. The second-order valence-corrected chi connectivity index (χ2v) is 5.07. The van der Waals surface area contributed by atoms with Gasteiger partial charge in [-0.3, -0.25) is 9.59 Å². The van der Waals surface area contributed by atoms with Crippen LogP contribution in [0.2, 0.25) is 5.02 Å². The molecule has 1 aromatic rings. The van der Waals surface area contributed by atoms with Gasteiger partial charge in [0.05, 0.1) is 19.5 Å². The maximum absolute atomic E-state index is 11.9. The molecule has 0 saturated carbocycles. The van der Waals surface area contributed by atoms with E-state index in [1.54, 1.807) is 12.1 Å². The summed E-state index contributed by atoms with van der Waals surface area (Å²) in [6, 6.07) is 4.99. The van der Waals surface area contributed by atoms with Gasteiger partial charge in [0.2, 0.25) is 5.91 Å². The topological polar surface area (TPSA) is 74.8 Å². The Bertz CT molecular complexity index is 505. The fourth-order valence-electron chi connectivity index (χ4n) is 2.02. The van der Waals surface area contributed by atoms with E-state index in [0.29, 0.717) is 17.3 Å². The first kappa shape index (κ1) is 13.8. The highest BCUT2D eigenvalue weighted by molar-refractivity contribution is 6.31. The molecule has 2 amide bonds. The third-order valence-electron chi connectivity index (χ3n) is 3.11. The molecule has 1 atom stereocenters. The number of piperazine rings is 1. The van der Waals surface area contributed by atoms with Gasteiger partial charge in [-0.2, -0.15) is 0 Å². The van der Waals surface area contributed by atoms with Crippen molar-refractivity contribution in [3.05, 3.63) is 28.8 Å². The van der Waals surface area contributed by atoms with Crippen molar-refractivity contribution >= 4 is 29.1 Å². The van der Waals surface area contributed by atoms with Gasteiger partial charge in [0, 0.05) is 10.7 Å². The first-order valence-electron chi connectivity index (χ1n) is 6.23. The minimum absolute atomic E-state index is 0.0794. The van der Waals surface area contributed by atoms with Crippen LogP contribution in [0.4, 0.5) is 5.69 Å². The molecule has 1 saturated heterocycles. The van der Waals surface area contributed by atoms with Gasteiger partial charge in [0.25, 0.3) is 5.91 Å². The molecule has 0 aliphatic carbocycles. The van der Waals surface area contributed by atoms with Crippen LogP contribution in [0.5, 0.6) is 0 Å². The van der Waals surface area contributed by atoms with Crippen LogP contribution in [0.15, 0.2) is 18.2 Å². The quantitative estimate of drug-likeness (QED) is 0.732. The van der Waals surface area contributed by atoms with Crippen molar-refractivity contribution in [3.8, 4) is 0 Å². The Balaban J connectivity index is 1.97. The van der Waals surface area contributed by atoms with Crippen molar-refractivity contribution in [2.45, 2.75) is 19.4 Å². The SMILES string of the molecule is Cc1ccc(Cl)cc1NC(=O)C[C@@H]1[NH2+]CCNC1=O. The Morgan fingerprint density at radius 1 is 1.58 bits per heavy atom. The number of nitrogens with two attached hydrogens (primary N) is 1. The van der Waals surface area contributed by atoms with Crippen LogP contribution in [0.3, 0.4) is 0 Å². The zero-order chi connectivity index (χ0) is 13.8. The third-order valence-corrected chi connectivity index (χ3v) is 3.35. The molecule has 102 valence electrons. The average Bonchev–Trinajstić information content (AvgIpc) is 2.37. The second-order valence-electron chi connectivity index (χ2n) is 4.63. The number of hydrogen-bond acceptors (Lipinski definition) is 2. The third kappa shape index (κ3) is 3.68. The monoisotopic (exact) mass is 282 g/mol. The highest BCUT2D eigenvalue weighted by Gasteiger charge is 2.27. The number of anilines is 1. The lowest BCUT2D eigenvalue weighted by Crippen LogP contribution is -2.96. The summed E-state index contributed by atoms with van der Waals surface area (Å²) in [6.07, 6.45) is 0.164. The second kappa shape index (κ2) is 6.04. The molecule has 0 unspecified atom stereocenters. The number of carbonyl (C=O) groups excluding carboxylic acids is 2. The Labute approximate surface area is 116 Å². The van der Waals surface area contributed by atoms with Crippen molar-refractivity contribution in [2.24, 2.45) is 0 Å². The molecule has 1 aromatic carbocycles. The number of benzene rings is 1. The predicted molar refractivity (Wildman–Crippen MR) is 73.0 cm³/mol. The minimum Gasteiger partial charge on any atom is -0.345 e. The number of amides is 2. The van der Waals surface area contributed by atoms with E-state index >= 15 is 0 Å². The largest absolute Gasteiger partial charge is 0.345 e. The minimum atomic E-state index is -0.340. The molecule has 1 aliphatic rings. The maximum atomic E-state index is 11.9. The summed E-state index contributed by atoms with van der Waals surface area (Å²) >= 11 is 5.89. The first-order valence-corrected chi connectivity index (χ1v) is 6.61. The zero-order valence-corrected chi connectivity index (χ0v) is 11.5. The van der Waals surface area contributed by atoms with Crippen LogP contribution in [0.1, 0.15) is 12.0 Å². The molecule has 5 nitrogen and oxygen atoms in total. The molecule has 0 aromatic heterocycles. The van der Waals surface area contributed by atoms with Crippen molar-refractivity contribution < 1.29 is 14.9 Å².